The molecule has 1 aromatic heterocycles. The molecule has 3 aromatic rings. The normalized spacial score (nSPS) is 11.4. The van der Waals surface area contributed by atoms with E-state index in [9.17, 15) is 13.2 Å². The number of sulfonamides is 1. The SMILES string of the molecule is C#CCOCCOCCOCC(=O)N(CCC)c1ccc(S(=O)(=O)Nc2ccc(Cl)c3c(Cl)c[nH]c23)cc1. The fraction of sp³-hybridized carbons (Fsp3) is 0.346. The highest BCUT2D eigenvalue weighted by atomic mass is 35.5. The number of H-pyrrole nitrogens is 1. The van der Waals surface area contributed by atoms with E-state index >= 15 is 0 Å². The van der Waals surface area contributed by atoms with Crippen LogP contribution in [0.25, 0.3) is 10.9 Å². The second kappa shape index (κ2) is 14.4. The molecule has 0 saturated carbocycles. The van der Waals surface area contributed by atoms with Crippen molar-refractivity contribution in [2.75, 3.05) is 55.8 Å². The fourth-order valence-electron chi connectivity index (χ4n) is 3.59. The smallest absolute Gasteiger partial charge is 0.261 e. The summed E-state index contributed by atoms with van der Waals surface area (Å²) in [6, 6.07) is 9.19. The molecule has 0 aliphatic rings. The zero-order valence-electron chi connectivity index (χ0n) is 20.8. The number of fused-ring (bicyclic) bond motifs is 1. The highest BCUT2D eigenvalue weighted by Gasteiger charge is 2.20. The molecule has 12 heteroatoms. The number of nitrogens with zero attached hydrogens (tertiary/aromatic N) is 1. The number of aromatic nitrogens is 1. The van der Waals surface area contributed by atoms with Gasteiger partial charge in [0.05, 0.1) is 52.6 Å². The quantitative estimate of drug-likeness (QED) is 0.199. The molecule has 2 aromatic carbocycles. The van der Waals surface area contributed by atoms with Crippen molar-refractivity contribution in [2.24, 2.45) is 0 Å². The minimum atomic E-state index is -3.93. The molecular weight excluding hydrogens is 553 g/mol. The second-order valence-corrected chi connectivity index (χ2v) is 10.5. The number of aromatic amines is 1. The first-order valence-corrected chi connectivity index (χ1v) is 14.1. The Hall–Kier alpha value is -2.78. The monoisotopic (exact) mass is 581 g/mol. The number of carbonyl (C=O) groups excluding carboxylic acids is 1. The molecule has 2 N–H and O–H groups in total. The van der Waals surface area contributed by atoms with Crippen molar-refractivity contribution in [2.45, 2.75) is 18.2 Å². The van der Waals surface area contributed by atoms with Crippen LogP contribution in [-0.4, -0.2) is 65.5 Å². The Kier molecular flexibility index (Phi) is 11.3. The Morgan fingerprint density at radius 2 is 1.71 bits per heavy atom. The minimum Gasteiger partial charge on any atom is -0.377 e. The fourth-order valence-corrected chi connectivity index (χ4v) is 5.22. The molecule has 0 radical (unpaired) electrons. The number of nitrogens with one attached hydrogen (secondary N) is 2. The summed E-state index contributed by atoms with van der Waals surface area (Å²) < 4.78 is 44.6. The lowest BCUT2D eigenvalue weighted by atomic mass is 10.2. The number of amides is 1. The molecule has 0 aliphatic heterocycles. The van der Waals surface area contributed by atoms with Gasteiger partial charge in [0.25, 0.3) is 15.9 Å². The molecule has 0 fully saturated rings. The Morgan fingerprint density at radius 1 is 1.03 bits per heavy atom. The van der Waals surface area contributed by atoms with Gasteiger partial charge in [-0.1, -0.05) is 36.0 Å². The maximum atomic E-state index is 13.1. The van der Waals surface area contributed by atoms with Crippen molar-refractivity contribution in [1.82, 2.24) is 4.98 Å². The third-order valence-corrected chi connectivity index (χ3v) is 7.34. The van der Waals surface area contributed by atoms with Gasteiger partial charge in [-0.05, 0) is 42.8 Å². The summed E-state index contributed by atoms with van der Waals surface area (Å²) >= 11 is 12.4. The first-order valence-electron chi connectivity index (χ1n) is 11.8. The van der Waals surface area contributed by atoms with Gasteiger partial charge >= 0.3 is 0 Å². The predicted molar refractivity (Wildman–Crippen MR) is 150 cm³/mol. The summed E-state index contributed by atoms with van der Waals surface area (Å²) in [5, 5.41) is 1.32. The number of anilines is 2. The zero-order chi connectivity index (χ0) is 27.5. The molecular formula is C26H29Cl2N3O6S. The van der Waals surface area contributed by atoms with Gasteiger partial charge in [-0.25, -0.2) is 8.42 Å². The zero-order valence-corrected chi connectivity index (χ0v) is 23.2. The molecule has 0 saturated heterocycles. The van der Waals surface area contributed by atoms with E-state index in [1.807, 2.05) is 6.92 Å². The van der Waals surface area contributed by atoms with Gasteiger partial charge < -0.3 is 24.1 Å². The van der Waals surface area contributed by atoms with Crippen LogP contribution in [0.2, 0.25) is 10.0 Å². The number of benzene rings is 2. The third kappa shape index (κ3) is 7.86. The lowest BCUT2D eigenvalue weighted by Gasteiger charge is -2.22. The van der Waals surface area contributed by atoms with E-state index < -0.39 is 10.0 Å². The summed E-state index contributed by atoms with van der Waals surface area (Å²) in [7, 11) is -3.93. The van der Waals surface area contributed by atoms with Crippen molar-refractivity contribution in [1.29, 1.82) is 0 Å². The minimum absolute atomic E-state index is 0.0329. The first-order chi connectivity index (χ1) is 18.3. The van der Waals surface area contributed by atoms with E-state index in [-0.39, 0.29) is 30.6 Å². The number of hydrogen-bond donors (Lipinski definition) is 2. The van der Waals surface area contributed by atoms with Crippen LogP contribution in [0.15, 0.2) is 47.5 Å². The Morgan fingerprint density at radius 3 is 2.39 bits per heavy atom. The molecule has 0 aliphatic carbocycles. The summed E-state index contributed by atoms with van der Waals surface area (Å²) in [4.78, 5) is 17.3. The number of rotatable bonds is 15. The van der Waals surface area contributed by atoms with Crippen molar-refractivity contribution < 1.29 is 27.4 Å². The molecule has 0 bridgehead atoms. The molecule has 1 heterocycles. The summed E-state index contributed by atoms with van der Waals surface area (Å²) in [5.74, 6) is 2.12. The molecule has 38 heavy (non-hydrogen) atoms. The average Bonchev–Trinajstić information content (AvgIpc) is 3.30. The number of carbonyl (C=O) groups is 1. The van der Waals surface area contributed by atoms with E-state index in [1.54, 1.807) is 35.4 Å². The number of halogens is 2. The predicted octanol–water partition coefficient (Wildman–Crippen LogP) is 4.70. The molecule has 204 valence electrons. The van der Waals surface area contributed by atoms with Crippen LogP contribution in [0.1, 0.15) is 13.3 Å². The van der Waals surface area contributed by atoms with E-state index in [4.69, 9.17) is 43.8 Å². The van der Waals surface area contributed by atoms with Gasteiger partial charge in [-0.3, -0.25) is 9.52 Å². The van der Waals surface area contributed by atoms with Crippen LogP contribution in [0.4, 0.5) is 11.4 Å². The molecule has 0 spiro atoms. The summed E-state index contributed by atoms with van der Waals surface area (Å²) in [5.41, 5.74) is 1.35. The van der Waals surface area contributed by atoms with Crippen molar-refractivity contribution in [3.8, 4) is 12.3 Å². The van der Waals surface area contributed by atoms with Crippen LogP contribution in [0.5, 0.6) is 0 Å². The first kappa shape index (κ1) is 29.8. The number of terminal acetylenes is 1. The highest BCUT2D eigenvalue weighted by Crippen LogP contribution is 2.35. The van der Waals surface area contributed by atoms with Crippen LogP contribution in [0.3, 0.4) is 0 Å². The second-order valence-electron chi connectivity index (χ2n) is 8.05. The van der Waals surface area contributed by atoms with Gasteiger partial charge in [0.2, 0.25) is 0 Å². The standard InChI is InChI=1S/C26H29Cl2N3O6S/c1-3-11-31(24(32)18-37-16-15-36-14-13-35-12-4-2)19-5-7-20(8-6-19)38(33,34)30-23-10-9-21(27)25-22(28)17-29-26(23)25/h2,5-10,17,29-30H,3,11-16,18H2,1H3. The van der Waals surface area contributed by atoms with E-state index in [0.29, 0.717) is 65.1 Å². The van der Waals surface area contributed by atoms with Gasteiger partial charge in [0.1, 0.15) is 13.2 Å². The Labute approximate surface area is 232 Å². The maximum Gasteiger partial charge on any atom is 0.261 e. The summed E-state index contributed by atoms with van der Waals surface area (Å²) in [6.07, 6.45) is 7.34. The molecule has 3 rings (SSSR count). The van der Waals surface area contributed by atoms with Crippen LogP contribution < -0.4 is 9.62 Å². The van der Waals surface area contributed by atoms with Crippen molar-refractivity contribution in [3.05, 3.63) is 52.6 Å². The van der Waals surface area contributed by atoms with Crippen LogP contribution in [-0.2, 0) is 29.0 Å². The molecule has 9 nitrogen and oxygen atoms in total. The van der Waals surface area contributed by atoms with Gasteiger partial charge in [0, 0.05) is 23.8 Å². The van der Waals surface area contributed by atoms with Crippen LogP contribution in [0, 0.1) is 12.3 Å². The highest BCUT2D eigenvalue weighted by molar-refractivity contribution is 7.92. The molecule has 0 atom stereocenters. The topological polar surface area (TPSA) is 110 Å². The van der Waals surface area contributed by atoms with Crippen LogP contribution >= 0.6 is 23.2 Å². The summed E-state index contributed by atoms with van der Waals surface area (Å²) in [6.45, 7) is 3.82. The number of hydrogen-bond acceptors (Lipinski definition) is 6. The maximum absolute atomic E-state index is 13.1. The molecule has 1 amide bonds. The third-order valence-electron chi connectivity index (χ3n) is 5.34. The number of ether oxygens (including phenoxy) is 3. The lowest BCUT2D eigenvalue weighted by molar-refractivity contribution is -0.123. The molecule has 0 unspecified atom stereocenters. The Bertz CT molecular complexity index is 1370. The van der Waals surface area contributed by atoms with Crippen molar-refractivity contribution >= 4 is 61.4 Å². The van der Waals surface area contributed by atoms with E-state index in [2.05, 4.69) is 15.6 Å². The Balaban J connectivity index is 1.60. The van der Waals surface area contributed by atoms with Gasteiger partial charge in [0.15, 0.2) is 0 Å². The van der Waals surface area contributed by atoms with Gasteiger partial charge in [-0.15, -0.1) is 6.42 Å². The van der Waals surface area contributed by atoms with Gasteiger partial charge in [-0.2, -0.15) is 0 Å². The average molecular weight is 583 g/mol. The largest absolute Gasteiger partial charge is 0.377 e. The van der Waals surface area contributed by atoms with Crippen molar-refractivity contribution in [3.63, 3.8) is 0 Å². The lowest BCUT2D eigenvalue weighted by Crippen LogP contribution is -2.35. The van der Waals surface area contributed by atoms with E-state index in [1.165, 1.54) is 12.1 Å². The van der Waals surface area contributed by atoms with E-state index in [0.717, 1.165) is 0 Å².